The summed E-state index contributed by atoms with van der Waals surface area (Å²) in [6.45, 7) is 1.17. The van der Waals surface area contributed by atoms with Crippen LogP contribution in [0, 0.1) is 0 Å². The van der Waals surface area contributed by atoms with Crippen LogP contribution in [-0.4, -0.2) is 41.1 Å². The average molecular weight is 407 g/mol. The minimum absolute atomic E-state index is 0.0208. The molecule has 0 aliphatic carbocycles. The number of ether oxygens (including phenoxy) is 2. The topological polar surface area (TPSA) is 73.7 Å². The molecule has 0 saturated carbocycles. The number of methoxy groups -OCH3 is 2. The van der Waals surface area contributed by atoms with Crippen molar-refractivity contribution in [1.82, 2.24) is 14.5 Å². The zero-order valence-corrected chi connectivity index (χ0v) is 17.5. The van der Waals surface area contributed by atoms with Crippen molar-refractivity contribution in [3.63, 3.8) is 0 Å². The Morgan fingerprint density at radius 3 is 2.53 bits per heavy atom. The number of benzene rings is 2. The molecule has 1 amide bonds. The van der Waals surface area contributed by atoms with Crippen LogP contribution < -0.4 is 15.0 Å². The Hall–Kier alpha value is -3.35. The first-order valence-electron chi connectivity index (χ1n) is 9.98. The van der Waals surface area contributed by atoms with Crippen LogP contribution in [-0.2, 0) is 31.2 Å². The second kappa shape index (κ2) is 8.18. The molecule has 2 aromatic carbocycles. The van der Waals surface area contributed by atoms with Gasteiger partial charge in [0, 0.05) is 33.0 Å². The number of aromatic nitrogens is 2. The predicted octanol–water partition coefficient (Wildman–Crippen LogP) is 2.47. The van der Waals surface area contributed by atoms with E-state index in [1.54, 1.807) is 25.8 Å². The van der Waals surface area contributed by atoms with Gasteiger partial charge in [-0.15, -0.1) is 0 Å². The van der Waals surface area contributed by atoms with Crippen LogP contribution in [0.1, 0.15) is 23.2 Å². The van der Waals surface area contributed by atoms with Gasteiger partial charge in [-0.25, -0.2) is 4.98 Å². The number of hydrogen-bond acceptors (Lipinski definition) is 5. The van der Waals surface area contributed by atoms with Crippen LogP contribution in [0.15, 0.2) is 41.2 Å². The first kappa shape index (κ1) is 19.9. The number of carbonyl (C=O) groups is 1. The summed E-state index contributed by atoms with van der Waals surface area (Å²) >= 11 is 0. The highest BCUT2D eigenvalue weighted by Gasteiger charge is 2.23. The van der Waals surface area contributed by atoms with Gasteiger partial charge in [-0.2, -0.15) is 0 Å². The van der Waals surface area contributed by atoms with Gasteiger partial charge < -0.3 is 18.9 Å². The van der Waals surface area contributed by atoms with Crippen LogP contribution in [0.4, 0.5) is 0 Å². The third-order valence-electron chi connectivity index (χ3n) is 5.70. The zero-order chi connectivity index (χ0) is 21.3. The lowest BCUT2D eigenvalue weighted by atomic mass is 9.98. The lowest BCUT2D eigenvalue weighted by molar-refractivity contribution is -0.132. The van der Waals surface area contributed by atoms with Crippen LogP contribution in [0.25, 0.3) is 11.0 Å². The Labute approximate surface area is 174 Å². The fourth-order valence-corrected chi connectivity index (χ4v) is 3.98. The number of nitrogens with zero attached hydrogens (tertiary/aromatic N) is 3. The van der Waals surface area contributed by atoms with Crippen molar-refractivity contribution >= 4 is 16.9 Å². The van der Waals surface area contributed by atoms with E-state index in [-0.39, 0.29) is 17.9 Å². The summed E-state index contributed by atoms with van der Waals surface area (Å²) in [5.41, 5.74) is 4.05. The lowest BCUT2D eigenvalue weighted by Gasteiger charge is -2.29. The second-order valence-corrected chi connectivity index (χ2v) is 7.45. The van der Waals surface area contributed by atoms with E-state index in [1.807, 2.05) is 41.3 Å². The minimum atomic E-state index is -0.151. The van der Waals surface area contributed by atoms with Crippen LogP contribution in [0.5, 0.6) is 11.5 Å². The van der Waals surface area contributed by atoms with Gasteiger partial charge in [0.2, 0.25) is 5.91 Å². The lowest BCUT2D eigenvalue weighted by Crippen LogP contribution is -2.36. The Morgan fingerprint density at radius 2 is 1.80 bits per heavy atom. The first-order chi connectivity index (χ1) is 14.5. The number of hydrogen-bond donors (Lipinski definition) is 0. The van der Waals surface area contributed by atoms with E-state index in [2.05, 4.69) is 4.98 Å². The maximum absolute atomic E-state index is 12.9. The fourth-order valence-electron chi connectivity index (χ4n) is 3.98. The van der Waals surface area contributed by atoms with Crippen molar-refractivity contribution < 1.29 is 14.3 Å². The molecule has 156 valence electrons. The van der Waals surface area contributed by atoms with Crippen molar-refractivity contribution in [2.24, 2.45) is 7.05 Å². The normalized spacial score (nSPS) is 13.2. The fraction of sp³-hybridized carbons (Fsp3) is 0.348. The third kappa shape index (κ3) is 3.63. The van der Waals surface area contributed by atoms with E-state index >= 15 is 0 Å². The number of amides is 1. The van der Waals surface area contributed by atoms with E-state index in [1.165, 1.54) is 5.56 Å². The molecule has 1 aliphatic rings. The van der Waals surface area contributed by atoms with Crippen molar-refractivity contribution in [3.8, 4) is 11.5 Å². The molecule has 0 fully saturated rings. The Balaban J connectivity index is 1.49. The molecule has 0 atom stereocenters. The highest BCUT2D eigenvalue weighted by atomic mass is 16.5. The van der Waals surface area contributed by atoms with Crippen molar-refractivity contribution in [2.75, 3.05) is 20.8 Å². The molecule has 1 aliphatic heterocycles. The number of rotatable bonds is 5. The van der Waals surface area contributed by atoms with E-state index in [4.69, 9.17) is 9.47 Å². The molecule has 0 spiro atoms. The van der Waals surface area contributed by atoms with Crippen LogP contribution in [0.2, 0.25) is 0 Å². The smallest absolute Gasteiger partial charge is 0.272 e. The maximum Gasteiger partial charge on any atom is 0.272 e. The SMILES string of the molecule is COc1cc2c(cc1OC)CN(C(=O)CCc1nc3ccccc3n(C)c1=O)CC2. The van der Waals surface area contributed by atoms with Crippen LogP contribution >= 0.6 is 0 Å². The van der Waals surface area contributed by atoms with Gasteiger partial charge in [-0.05, 0) is 41.8 Å². The number of para-hydroxylation sites is 2. The molecule has 3 aromatic rings. The molecule has 2 heterocycles. The van der Waals surface area contributed by atoms with E-state index < -0.39 is 0 Å². The molecule has 7 heteroatoms. The standard InChI is InChI=1S/C23H25N3O4/c1-25-19-7-5-4-6-17(19)24-18(23(25)28)8-9-22(27)26-11-10-15-12-20(29-2)21(30-3)13-16(15)14-26/h4-7,12-13H,8-11,14H2,1-3H3. The van der Waals surface area contributed by atoms with Crippen molar-refractivity contribution in [1.29, 1.82) is 0 Å². The molecular formula is C23H25N3O4. The van der Waals surface area contributed by atoms with Gasteiger partial charge in [0.1, 0.15) is 5.69 Å². The predicted molar refractivity (Wildman–Crippen MR) is 114 cm³/mol. The van der Waals surface area contributed by atoms with Gasteiger partial charge >= 0.3 is 0 Å². The highest BCUT2D eigenvalue weighted by molar-refractivity contribution is 5.77. The molecule has 7 nitrogen and oxygen atoms in total. The van der Waals surface area contributed by atoms with Crippen molar-refractivity contribution in [2.45, 2.75) is 25.8 Å². The molecule has 0 bridgehead atoms. The summed E-state index contributed by atoms with van der Waals surface area (Å²) < 4.78 is 12.4. The van der Waals surface area contributed by atoms with E-state index in [0.29, 0.717) is 36.7 Å². The first-order valence-corrected chi connectivity index (χ1v) is 9.98. The number of aryl methyl sites for hydroxylation is 2. The van der Waals surface area contributed by atoms with Crippen LogP contribution in [0.3, 0.4) is 0 Å². The monoisotopic (exact) mass is 407 g/mol. The third-order valence-corrected chi connectivity index (χ3v) is 5.70. The number of fused-ring (bicyclic) bond motifs is 2. The van der Waals surface area contributed by atoms with Gasteiger partial charge in [0.25, 0.3) is 5.56 Å². The maximum atomic E-state index is 12.9. The number of carbonyl (C=O) groups excluding carboxylic acids is 1. The Morgan fingerprint density at radius 1 is 1.10 bits per heavy atom. The molecule has 1 aromatic heterocycles. The summed E-state index contributed by atoms with van der Waals surface area (Å²) in [6, 6.07) is 11.4. The van der Waals surface area contributed by atoms with E-state index in [0.717, 1.165) is 23.0 Å². The second-order valence-electron chi connectivity index (χ2n) is 7.45. The minimum Gasteiger partial charge on any atom is -0.493 e. The highest BCUT2D eigenvalue weighted by Crippen LogP contribution is 2.33. The van der Waals surface area contributed by atoms with Gasteiger partial charge in [0.05, 0.1) is 25.3 Å². The summed E-state index contributed by atoms with van der Waals surface area (Å²) in [6.07, 6.45) is 1.34. The molecule has 4 rings (SSSR count). The zero-order valence-electron chi connectivity index (χ0n) is 17.5. The molecule has 30 heavy (non-hydrogen) atoms. The largest absolute Gasteiger partial charge is 0.493 e. The molecule has 0 radical (unpaired) electrons. The van der Waals surface area contributed by atoms with E-state index in [9.17, 15) is 9.59 Å². The molecule has 0 N–H and O–H groups in total. The summed E-state index contributed by atoms with van der Waals surface area (Å²) in [5, 5.41) is 0. The quantitative estimate of drug-likeness (QED) is 0.650. The molecule has 0 saturated heterocycles. The Bertz CT molecular complexity index is 1170. The Kier molecular flexibility index (Phi) is 5.44. The average Bonchev–Trinajstić information content (AvgIpc) is 2.78. The van der Waals surface area contributed by atoms with Gasteiger partial charge in [0.15, 0.2) is 11.5 Å². The summed E-state index contributed by atoms with van der Waals surface area (Å²) in [5.74, 6) is 1.39. The molecular weight excluding hydrogens is 382 g/mol. The van der Waals surface area contributed by atoms with Crippen molar-refractivity contribution in [3.05, 3.63) is 63.6 Å². The molecule has 0 unspecified atom stereocenters. The summed E-state index contributed by atoms with van der Waals surface area (Å²) in [7, 11) is 4.96. The summed E-state index contributed by atoms with van der Waals surface area (Å²) in [4.78, 5) is 31.8. The van der Waals surface area contributed by atoms with Gasteiger partial charge in [-0.3, -0.25) is 9.59 Å². The van der Waals surface area contributed by atoms with Gasteiger partial charge in [-0.1, -0.05) is 12.1 Å².